The molecule has 1 heterocycles. The first-order valence-corrected chi connectivity index (χ1v) is 6.71. The fourth-order valence-electron chi connectivity index (χ4n) is 2.13. The maximum atomic E-state index is 13.0. The van der Waals surface area contributed by atoms with Crippen LogP contribution in [0.5, 0.6) is 5.75 Å². The zero-order valence-corrected chi connectivity index (χ0v) is 11.4. The van der Waals surface area contributed by atoms with Gasteiger partial charge in [-0.25, -0.2) is 4.39 Å². The summed E-state index contributed by atoms with van der Waals surface area (Å²) in [5, 5.41) is 1.05. The van der Waals surface area contributed by atoms with Crippen LogP contribution in [-0.2, 0) is 0 Å². The van der Waals surface area contributed by atoms with Gasteiger partial charge in [-0.3, -0.25) is 4.98 Å². The molecule has 1 aromatic heterocycles. The zero-order valence-electron chi connectivity index (χ0n) is 11.4. The van der Waals surface area contributed by atoms with Crippen molar-refractivity contribution in [3.8, 4) is 5.75 Å². The molecule has 3 rings (SSSR count). The Labute approximate surface area is 123 Å². The Morgan fingerprint density at radius 2 is 1.90 bits per heavy atom. The molecule has 0 aliphatic rings. The SMILES string of the molecule is Fc1cccc(C=CBOc2cccc3cccnc23)c1. The molecule has 3 aromatic rings. The molecule has 0 aliphatic heterocycles. The van der Waals surface area contributed by atoms with Gasteiger partial charge in [-0.15, -0.1) is 0 Å². The molecule has 0 spiro atoms. The summed E-state index contributed by atoms with van der Waals surface area (Å²) in [4.78, 5) is 4.33. The van der Waals surface area contributed by atoms with Crippen LogP contribution in [0.2, 0.25) is 0 Å². The van der Waals surface area contributed by atoms with Crippen LogP contribution >= 0.6 is 0 Å². The monoisotopic (exact) mass is 277 g/mol. The van der Waals surface area contributed by atoms with E-state index in [9.17, 15) is 4.39 Å². The fraction of sp³-hybridized carbons (Fsp3) is 0. The highest BCUT2D eigenvalue weighted by Gasteiger charge is 2.01. The van der Waals surface area contributed by atoms with Crippen LogP contribution in [-0.4, -0.2) is 12.5 Å². The summed E-state index contributed by atoms with van der Waals surface area (Å²) in [6.07, 6.45) is 3.58. The number of nitrogens with zero attached hydrogens (tertiary/aromatic N) is 1. The van der Waals surface area contributed by atoms with Gasteiger partial charge in [0.15, 0.2) is 0 Å². The van der Waals surface area contributed by atoms with Gasteiger partial charge in [0.2, 0.25) is 0 Å². The molecule has 2 aromatic carbocycles. The number of hydrogen-bond acceptors (Lipinski definition) is 2. The molecule has 0 fully saturated rings. The number of para-hydroxylation sites is 1. The Morgan fingerprint density at radius 1 is 1.05 bits per heavy atom. The van der Waals surface area contributed by atoms with Crippen LogP contribution in [0, 0.1) is 5.82 Å². The van der Waals surface area contributed by atoms with Crippen molar-refractivity contribution >= 4 is 24.5 Å². The van der Waals surface area contributed by atoms with E-state index in [0.29, 0.717) is 7.48 Å². The molecule has 0 unspecified atom stereocenters. The molecule has 0 bridgehead atoms. The predicted molar refractivity (Wildman–Crippen MR) is 85.0 cm³/mol. The Hall–Kier alpha value is -2.62. The summed E-state index contributed by atoms with van der Waals surface area (Å²) >= 11 is 0. The number of halogens is 1. The van der Waals surface area contributed by atoms with Crippen molar-refractivity contribution in [1.29, 1.82) is 0 Å². The van der Waals surface area contributed by atoms with Gasteiger partial charge >= 0.3 is 7.48 Å². The maximum absolute atomic E-state index is 13.0. The minimum Gasteiger partial charge on any atom is -0.558 e. The highest BCUT2D eigenvalue weighted by Crippen LogP contribution is 2.22. The largest absolute Gasteiger partial charge is 0.558 e. The minimum absolute atomic E-state index is 0.240. The quantitative estimate of drug-likeness (QED) is 0.677. The number of aromatic nitrogens is 1. The predicted octanol–water partition coefficient (Wildman–Crippen LogP) is 3.78. The summed E-state index contributed by atoms with van der Waals surface area (Å²) in [6, 6.07) is 16.2. The lowest BCUT2D eigenvalue weighted by atomic mass is 9.99. The van der Waals surface area contributed by atoms with Gasteiger partial charge in [0.1, 0.15) is 17.1 Å². The van der Waals surface area contributed by atoms with Gasteiger partial charge < -0.3 is 4.65 Å². The van der Waals surface area contributed by atoms with E-state index >= 15 is 0 Å². The lowest BCUT2D eigenvalue weighted by Gasteiger charge is -2.06. The van der Waals surface area contributed by atoms with Gasteiger partial charge in [0.05, 0.1) is 0 Å². The third-order valence-electron chi connectivity index (χ3n) is 3.09. The average molecular weight is 277 g/mol. The summed E-state index contributed by atoms with van der Waals surface area (Å²) < 4.78 is 18.8. The molecule has 0 radical (unpaired) electrons. The van der Waals surface area contributed by atoms with Crippen molar-refractivity contribution in [3.63, 3.8) is 0 Å². The van der Waals surface area contributed by atoms with Crippen LogP contribution in [0.25, 0.3) is 17.0 Å². The second kappa shape index (κ2) is 6.22. The van der Waals surface area contributed by atoms with Crippen molar-refractivity contribution in [2.24, 2.45) is 0 Å². The summed E-state index contributed by atoms with van der Waals surface area (Å²) in [5.41, 5.74) is 1.66. The van der Waals surface area contributed by atoms with Crippen molar-refractivity contribution in [3.05, 3.63) is 78.2 Å². The molecular formula is C17H13BFNO. The van der Waals surface area contributed by atoms with E-state index in [1.807, 2.05) is 48.4 Å². The number of rotatable bonds is 4. The number of benzene rings is 2. The molecule has 0 saturated heterocycles. The van der Waals surface area contributed by atoms with Gasteiger partial charge in [0.25, 0.3) is 0 Å². The van der Waals surface area contributed by atoms with Crippen molar-refractivity contribution in [1.82, 2.24) is 4.98 Å². The third-order valence-corrected chi connectivity index (χ3v) is 3.09. The molecule has 102 valence electrons. The topological polar surface area (TPSA) is 22.1 Å². The molecule has 21 heavy (non-hydrogen) atoms. The van der Waals surface area contributed by atoms with Gasteiger partial charge in [0, 0.05) is 11.6 Å². The van der Waals surface area contributed by atoms with Crippen LogP contribution in [0.4, 0.5) is 4.39 Å². The number of hydrogen-bond donors (Lipinski definition) is 0. The van der Waals surface area contributed by atoms with Gasteiger partial charge in [-0.2, -0.15) is 0 Å². The molecule has 0 aliphatic carbocycles. The normalized spacial score (nSPS) is 10.9. The summed E-state index contributed by atoms with van der Waals surface area (Å²) in [6.45, 7) is 0. The third kappa shape index (κ3) is 3.29. The van der Waals surface area contributed by atoms with Crippen molar-refractivity contribution in [2.45, 2.75) is 0 Å². The van der Waals surface area contributed by atoms with E-state index in [1.54, 1.807) is 12.3 Å². The van der Waals surface area contributed by atoms with Crippen LogP contribution < -0.4 is 4.65 Å². The zero-order chi connectivity index (χ0) is 14.5. The maximum Gasteiger partial charge on any atom is 0.366 e. The molecule has 0 amide bonds. The first-order valence-electron chi connectivity index (χ1n) is 6.71. The first kappa shape index (κ1) is 13.4. The van der Waals surface area contributed by atoms with Gasteiger partial charge in [-0.05, 0) is 29.8 Å². The van der Waals surface area contributed by atoms with Gasteiger partial charge in [-0.1, -0.05) is 42.4 Å². The van der Waals surface area contributed by atoms with E-state index in [0.717, 1.165) is 22.2 Å². The smallest absolute Gasteiger partial charge is 0.366 e. The Bertz CT molecular complexity index is 783. The minimum atomic E-state index is -0.240. The Kier molecular flexibility index (Phi) is 3.96. The molecule has 0 N–H and O–H groups in total. The molecule has 4 heteroatoms. The Balaban J connectivity index is 1.70. The fourth-order valence-corrected chi connectivity index (χ4v) is 2.13. The summed E-state index contributed by atoms with van der Waals surface area (Å²) in [7, 11) is 0.409. The van der Waals surface area contributed by atoms with E-state index < -0.39 is 0 Å². The molecule has 0 saturated carbocycles. The van der Waals surface area contributed by atoms with Crippen LogP contribution in [0.15, 0.2) is 66.8 Å². The van der Waals surface area contributed by atoms with E-state index in [1.165, 1.54) is 12.1 Å². The van der Waals surface area contributed by atoms with Crippen molar-refractivity contribution in [2.75, 3.05) is 0 Å². The van der Waals surface area contributed by atoms with Crippen molar-refractivity contribution < 1.29 is 9.04 Å². The second-order valence-electron chi connectivity index (χ2n) is 4.60. The number of pyridine rings is 1. The molecule has 2 nitrogen and oxygen atoms in total. The standard InChI is InChI=1S/C17H13BFNO/c19-15-7-1-4-13(12-15)9-10-18-21-16-8-2-5-14-6-3-11-20-17(14)16/h1-12,18H. The lowest BCUT2D eigenvalue weighted by molar-refractivity contribution is 0.610. The first-order chi connectivity index (χ1) is 10.3. The van der Waals surface area contributed by atoms with E-state index in [-0.39, 0.29) is 5.82 Å². The highest BCUT2D eigenvalue weighted by molar-refractivity contribution is 6.37. The molecular weight excluding hydrogens is 264 g/mol. The second-order valence-corrected chi connectivity index (χ2v) is 4.60. The van der Waals surface area contributed by atoms with Crippen LogP contribution in [0.3, 0.4) is 0 Å². The highest BCUT2D eigenvalue weighted by atomic mass is 19.1. The van der Waals surface area contributed by atoms with E-state index in [4.69, 9.17) is 4.65 Å². The van der Waals surface area contributed by atoms with Crippen LogP contribution in [0.1, 0.15) is 5.56 Å². The summed E-state index contributed by atoms with van der Waals surface area (Å²) in [5.74, 6) is 2.37. The average Bonchev–Trinajstić information content (AvgIpc) is 2.52. The molecule has 0 atom stereocenters. The number of fused-ring (bicyclic) bond motifs is 1. The van der Waals surface area contributed by atoms with E-state index in [2.05, 4.69) is 4.98 Å². The Morgan fingerprint density at radius 3 is 2.81 bits per heavy atom. The lowest BCUT2D eigenvalue weighted by Crippen LogP contribution is -1.99.